The Morgan fingerprint density at radius 1 is 1.04 bits per heavy atom. The molecule has 1 heterocycles. The zero-order valence-corrected chi connectivity index (χ0v) is 15.1. The van der Waals surface area contributed by atoms with E-state index in [-0.39, 0.29) is 17.5 Å². The average molecular weight is 366 g/mol. The fourth-order valence-electron chi connectivity index (χ4n) is 3.59. The highest BCUT2D eigenvalue weighted by Gasteiger charge is 2.30. The summed E-state index contributed by atoms with van der Waals surface area (Å²) >= 11 is 0. The second-order valence-corrected chi connectivity index (χ2v) is 6.54. The molecule has 0 N–H and O–H groups in total. The van der Waals surface area contributed by atoms with Gasteiger partial charge in [0.1, 0.15) is 5.82 Å². The molecule has 2 aromatic carbocycles. The fourth-order valence-corrected chi connectivity index (χ4v) is 3.59. The molecule has 0 radical (unpaired) electrons. The predicted octanol–water partition coefficient (Wildman–Crippen LogP) is 3.94. The number of rotatable bonds is 4. The number of methoxy groups -OCH3 is 2. The van der Waals surface area contributed by atoms with Crippen molar-refractivity contribution in [3.63, 3.8) is 0 Å². The molecular formula is C21H19FN2O3. The van der Waals surface area contributed by atoms with Gasteiger partial charge in [0.25, 0.3) is 0 Å². The van der Waals surface area contributed by atoms with E-state index in [0.29, 0.717) is 29.9 Å². The molecule has 5 nitrogen and oxygen atoms in total. The van der Waals surface area contributed by atoms with Crippen molar-refractivity contribution in [1.82, 2.24) is 9.78 Å². The Morgan fingerprint density at radius 3 is 2.48 bits per heavy atom. The van der Waals surface area contributed by atoms with Gasteiger partial charge < -0.3 is 9.47 Å². The standard InChI is InChI=1S/C21H19FN2O3/c1-26-20-8-3-13(11-21(20)27-2)14-9-18-17(19(25)10-14)12-23-24(18)16-6-4-15(22)5-7-16/h3-8,11-12,14H,9-10H2,1-2H3/t14-/m1/s1. The van der Waals surface area contributed by atoms with Crippen molar-refractivity contribution < 1.29 is 18.7 Å². The largest absolute Gasteiger partial charge is 0.493 e. The molecule has 1 aromatic heterocycles. The Bertz CT molecular complexity index is 995. The number of hydrogen-bond acceptors (Lipinski definition) is 4. The van der Waals surface area contributed by atoms with Crippen LogP contribution in [0.15, 0.2) is 48.7 Å². The topological polar surface area (TPSA) is 53.3 Å². The molecule has 4 rings (SSSR count). The number of carbonyl (C=O) groups excluding carboxylic acids is 1. The summed E-state index contributed by atoms with van der Waals surface area (Å²) in [6, 6.07) is 11.8. The van der Waals surface area contributed by atoms with Gasteiger partial charge in [-0.05, 0) is 54.3 Å². The highest BCUT2D eigenvalue weighted by molar-refractivity contribution is 5.98. The van der Waals surface area contributed by atoms with E-state index < -0.39 is 0 Å². The first-order valence-electron chi connectivity index (χ1n) is 8.68. The second-order valence-electron chi connectivity index (χ2n) is 6.54. The Kier molecular flexibility index (Phi) is 4.39. The maximum atomic E-state index is 13.2. The first-order valence-corrected chi connectivity index (χ1v) is 8.68. The van der Waals surface area contributed by atoms with Gasteiger partial charge >= 0.3 is 0 Å². The molecule has 0 spiro atoms. The highest BCUT2D eigenvalue weighted by Crippen LogP contribution is 2.37. The minimum atomic E-state index is -0.306. The molecule has 0 saturated heterocycles. The smallest absolute Gasteiger partial charge is 0.166 e. The van der Waals surface area contributed by atoms with Crippen LogP contribution in [0.2, 0.25) is 0 Å². The van der Waals surface area contributed by atoms with Crippen LogP contribution in [0.4, 0.5) is 4.39 Å². The van der Waals surface area contributed by atoms with E-state index in [1.165, 1.54) is 12.1 Å². The van der Waals surface area contributed by atoms with E-state index in [1.807, 2.05) is 18.2 Å². The lowest BCUT2D eigenvalue weighted by molar-refractivity contribution is 0.0963. The molecule has 0 saturated carbocycles. The van der Waals surface area contributed by atoms with E-state index in [4.69, 9.17) is 9.47 Å². The van der Waals surface area contributed by atoms with Gasteiger partial charge in [0, 0.05) is 6.42 Å². The maximum absolute atomic E-state index is 13.2. The van der Waals surface area contributed by atoms with Crippen molar-refractivity contribution in [3.8, 4) is 17.2 Å². The first kappa shape index (κ1) is 17.3. The Morgan fingerprint density at radius 2 is 1.78 bits per heavy atom. The van der Waals surface area contributed by atoms with Crippen LogP contribution in [0.3, 0.4) is 0 Å². The Balaban J connectivity index is 1.71. The highest BCUT2D eigenvalue weighted by atomic mass is 19.1. The van der Waals surface area contributed by atoms with Gasteiger partial charge in [0.05, 0.1) is 37.4 Å². The van der Waals surface area contributed by atoms with Crippen LogP contribution in [-0.4, -0.2) is 29.8 Å². The van der Waals surface area contributed by atoms with Crippen molar-refractivity contribution in [2.45, 2.75) is 18.8 Å². The molecule has 0 bridgehead atoms. The predicted molar refractivity (Wildman–Crippen MR) is 98.5 cm³/mol. The lowest BCUT2D eigenvalue weighted by atomic mass is 9.82. The van der Waals surface area contributed by atoms with Gasteiger partial charge in [0.2, 0.25) is 0 Å². The van der Waals surface area contributed by atoms with E-state index in [9.17, 15) is 9.18 Å². The van der Waals surface area contributed by atoms with E-state index >= 15 is 0 Å². The number of Topliss-reactive ketones (excluding diaryl/α,β-unsaturated/α-hetero) is 1. The molecule has 3 aromatic rings. The number of benzene rings is 2. The molecule has 1 aliphatic rings. The van der Waals surface area contributed by atoms with Crippen molar-refractivity contribution in [2.75, 3.05) is 14.2 Å². The molecule has 0 fully saturated rings. The Labute approximate surface area is 156 Å². The molecule has 0 aliphatic heterocycles. The van der Waals surface area contributed by atoms with Crippen LogP contribution in [0.5, 0.6) is 11.5 Å². The molecule has 138 valence electrons. The lowest BCUT2D eigenvalue weighted by Crippen LogP contribution is -2.20. The molecule has 0 amide bonds. The molecule has 27 heavy (non-hydrogen) atoms. The normalized spacial score (nSPS) is 16.1. The lowest BCUT2D eigenvalue weighted by Gasteiger charge is -2.23. The van der Waals surface area contributed by atoms with Crippen LogP contribution in [0, 0.1) is 5.82 Å². The van der Waals surface area contributed by atoms with Crippen molar-refractivity contribution in [1.29, 1.82) is 0 Å². The number of nitrogens with zero attached hydrogens (tertiary/aromatic N) is 2. The number of hydrogen-bond donors (Lipinski definition) is 0. The number of aromatic nitrogens is 2. The number of ether oxygens (including phenoxy) is 2. The Hall–Kier alpha value is -3.15. The number of ketones is 1. The van der Waals surface area contributed by atoms with E-state index in [0.717, 1.165) is 16.9 Å². The molecule has 0 unspecified atom stereocenters. The summed E-state index contributed by atoms with van der Waals surface area (Å²) in [6.45, 7) is 0. The summed E-state index contributed by atoms with van der Waals surface area (Å²) in [7, 11) is 3.19. The fraction of sp³-hybridized carbons (Fsp3) is 0.238. The van der Waals surface area contributed by atoms with Crippen molar-refractivity contribution in [2.24, 2.45) is 0 Å². The summed E-state index contributed by atoms with van der Waals surface area (Å²) in [6.07, 6.45) is 2.68. The number of fused-ring (bicyclic) bond motifs is 1. The average Bonchev–Trinajstić information content (AvgIpc) is 3.12. The third-order valence-electron chi connectivity index (χ3n) is 4.99. The van der Waals surface area contributed by atoms with E-state index in [1.54, 1.807) is 37.2 Å². The molecule has 6 heteroatoms. The number of halogens is 1. The van der Waals surface area contributed by atoms with Gasteiger partial charge in [-0.2, -0.15) is 5.10 Å². The third-order valence-corrected chi connectivity index (χ3v) is 4.99. The van der Waals surface area contributed by atoms with Crippen LogP contribution >= 0.6 is 0 Å². The third kappa shape index (κ3) is 3.07. The summed E-state index contributed by atoms with van der Waals surface area (Å²) in [5.41, 5.74) is 3.23. The van der Waals surface area contributed by atoms with Crippen molar-refractivity contribution >= 4 is 5.78 Å². The summed E-state index contributed by atoms with van der Waals surface area (Å²) in [5, 5.41) is 4.37. The minimum Gasteiger partial charge on any atom is -0.493 e. The van der Waals surface area contributed by atoms with Crippen molar-refractivity contribution in [3.05, 3.63) is 71.3 Å². The van der Waals surface area contributed by atoms with Gasteiger partial charge in [-0.1, -0.05) is 6.07 Å². The van der Waals surface area contributed by atoms with Gasteiger partial charge in [0.15, 0.2) is 17.3 Å². The van der Waals surface area contributed by atoms with Crippen LogP contribution in [0.25, 0.3) is 5.69 Å². The second kappa shape index (κ2) is 6.87. The zero-order valence-electron chi connectivity index (χ0n) is 15.1. The van der Waals surface area contributed by atoms with Gasteiger partial charge in [-0.15, -0.1) is 0 Å². The number of carbonyl (C=O) groups is 1. The molecule has 1 atom stereocenters. The van der Waals surface area contributed by atoms with Gasteiger partial charge in [-0.3, -0.25) is 4.79 Å². The maximum Gasteiger partial charge on any atom is 0.166 e. The molecule has 1 aliphatic carbocycles. The molecular weight excluding hydrogens is 347 g/mol. The summed E-state index contributed by atoms with van der Waals surface area (Å²) < 4.78 is 25.6. The summed E-state index contributed by atoms with van der Waals surface area (Å²) in [4.78, 5) is 12.7. The monoisotopic (exact) mass is 366 g/mol. The van der Waals surface area contributed by atoms with E-state index in [2.05, 4.69) is 5.10 Å². The quantitative estimate of drug-likeness (QED) is 0.702. The van der Waals surface area contributed by atoms with Crippen LogP contribution in [-0.2, 0) is 6.42 Å². The van der Waals surface area contributed by atoms with Gasteiger partial charge in [-0.25, -0.2) is 9.07 Å². The van der Waals surface area contributed by atoms with Crippen LogP contribution in [0.1, 0.15) is 34.0 Å². The van der Waals surface area contributed by atoms with Crippen LogP contribution < -0.4 is 9.47 Å². The minimum absolute atomic E-state index is 0.0145. The first-order chi connectivity index (χ1) is 13.1. The summed E-state index contributed by atoms with van der Waals surface area (Å²) in [5.74, 6) is 1.06. The SMILES string of the molecule is COc1ccc([C@H]2CC(=O)c3cnn(-c4ccc(F)cc4)c3C2)cc1OC. The zero-order chi connectivity index (χ0) is 19.0.